The van der Waals surface area contributed by atoms with Crippen molar-refractivity contribution in [2.45, 2.75) is 0 Å². The van der Waals surface area contributed by atoms with Gasteiger partial charge in [0.15, 0.2) is 0 Å². The van der Waals surface area contributed by atoms with Crippen LogP contribution in [0.3, 0.4) is 0 Å². The average molecular weight is 277 g/mol. The molecule has 0 bridgehead atoms. The van der Waals surface area contributed by atoms with Crippen molar-refractivity contribution in [3.63, 3.8) is 0 Å². The molecule has 0 saturated carbocycles. The van der Waals surface area contributed by atoms with Gasteiger partial charge in [0.05, 0.1) is 11.7 Å². The molecule has 1 aromatic carbocycles. The monoisotopic (exact) mass is 277 g/mol. The van der Waals surface area contributed by atoms with Crippen molar-refractivity contribution in [1.82, 2.24) is 20.2 Å². The third-order valence-corrected chi connectivity index (χ3v) is 3.17. The first kappa shape index (κ1) is 13.2. The van der Waals surface area contributed by atoms with Crippen molar-refractivity contribution in [2.75, 3.05) is 18.0 Å². The molecule has 2 heterocycles. The minimum Gasteiger partial charge on any atom is -0.332 e. The summed E-state index contributed by atoms with van der Waals surface area (Å²) in [5.41, 5.74) is 2.39. The van der Waals surface area contributed by atoms with Crippen LogP contribution in [0.25, 0.3) is 21.9 Å². The molecule has 0 N–H and O–H groups in total. The number of hydrogen-bond acceptors (Lipinski definition) is 5. The standard InChI is InChI=1S/C16H15N5/c1-3-9-21(10-4-2)16-18-14-11-17-13-8-6-5-7-12(13)15(14)19-20-16/h3-8,11H,1-2,9-10H2. The second-order valence-corrected chi connectivity index (χ2v) is 4.60. The number of aromatic nitrogens is 4. The Morgan fingerprint density at radius 2 is 1.76 bits per heavy atom. The number of rotatable bonds is 5. The number of anilines is 1. The van der Waals surface area contributed by atoms with Gasteiger partial charge in [0.25, 0.3) is 0 Å². The van der Waals surface area contributed by atoms with E-state index in [1.807, 2.05) is 29.2 Å². The Morgan fingerprint density at radius 1 is 1.00 bits per heavy atom. The van der Waals surface area contributed by atoms with Crippen molar-refractivity contribution < 1.29 is 0 Å². The summed E-state index contributed by atoms with van der Waals surface area (Å²) in [7, 11) is 0. The summed E-state index contributed by atoms with van der Waals surface area (Å²) in [6.07, 6.45) is 5.33. The van der Waals surface area contributed by atoms with Gasteiger partial charge in [-0.25, -0.2) is 4.98 Å². The highest BCUT2D eigenvalue weighted by atomic mass is 15.3. The normalized spacial score (nSPS) is 10.7. The van der Waals surface area contributed by atoms with E-state index in [0.717, 1.165) is 21.9 Å². The highest BCUT2D eigenvalue weighted by Crippen LogP contribution is 2.20. The molecule has 0 fully saturated rings. The van der Waals surface area contributed by atoms with Crippen molar-refractivity contribution >= 4 is 27.9 Å². The second-order valence-electron chi connectivity index (χ2n) is 4.60. The van der Waals surface area contributed by atoms with E-state index >= 15 is 0 Å². The Balaban J connectivity index is 2.13. The van der Waals surface area contributed by atoms with Gasteiger partial charge in [-0.15, -0.1) is 23.4 Å². The first-order valence-corrected chi connectivity index (χ1v) is 6.68. The molecule has 0 saturated heterocycles. The van der Waals surface area contributed by atoms with Gasteiger partial charge in [-0.1, -0.05) is 30.4 Å². The van der Waals surface area contributed by atoms with Crippen molar-refractivity contribution in [2.24, 2.45) is 0 Å². The Labute approximate surface area is 122 Å². The Hall–Kier alpha value is -2.82. The molecule has 0 aliphatic heterocycles. The van der Waals surface area contributed by atoms with Crippen LogP contribution in [0.1, 0.15) is 0 Å². The van der Waals surface area contributed by atoms with E-state index in [1.165, 1.54) is 0 Å². The first-order chi connectivity index (χ1) is 10.3. The smallest absolute Gasteiger partial charge is 0.246 e. The van der Waals surface area contributed by atoms with Gasteiger partial charge in [0, 0.05) is 18.5 Å². The predicted molar refractivity (Wildman–Crippen MR) is 85.2 cm³/mol. The molecule has 104 valence electrons. The average Bonchev–Trinajstić information content (AvgIpc) is 2.54. The van der Waals surface area contributed by atoms with E-state index in [2.05, 4.69) is 33.3 Å². The maximum atomic E-state index is 4.56. The third-order valence-electron chi connectivity index (χ3n) is 3.17. The summed E-state index contributed by atoms with van der Waals surface area (Å²) in [6, 6.07) is 7.84. The van der Waals surface area contributed by atoms with Crippen LogP contribution in [-0.2, 0) is 0 Å². The van der Waals surface area contributed by atoms with Gasteiger partial charge in [-0.3, -0.25) is 4.98 Å². The summed E-state index contributed by atoms with van der Waals surface area (Å²) >= 11 is 0. The van der Waals surface area contributed by atoms with Crippen molar-refractivity contribution in [3.8, 4) is 0 Å². The van der Waals surface area contributed by atoms with Crippen LogP contribution in [0.15, 0.2) is 55.8 Å². The van der Waals surface area contributed by atoms with E-state index < -0.39 is 0 Å². The van der Waals surface area contributed by atoms with E-state index in [4.69, 9.17) is 0 Å². The van der Waals surface area contributed by atoms with E-state index in [-0.39, 0.29) is 0 Å². The maximum absolute atomic E-state index is 4.56. The van der Waals surface area contributed by atoms with Crippen LogP contribution in [0.5, 0.6) is 0 Å². The fraction of sp³-hybridized carbons (Fsp3) is 0.125. The lowest BCUT2D eigenvalue weighted by molar-refractivity contribution is 0.863. The minimum absolute atomic E-state index is 0.555. The zero-order valence-corrected chi connectivity index (χ0v) is 11.6. The maximum Gasteiger partial charge on any atom is 0.246 e. The summed E-state index contributed by atoms with van der Waals surface area (Å²) in [6.45, 7) is 8.77. The number of fused-ring (bicyclic) bond motifs is 3. The van der Waals surface area contributed by atoms with Gasteiger partial charge in [-0.2, -0.15) is 0 Å². The summed E-state index contributed by atoms with van der Waals surface area (Å²) in [4.78, 5) is 10.9. The number of para-hydroxylation sites is 1. The van der Waals surface area contributed by atoms with Crippen LogP contribution in [0.2, 0.25) is 0 Å². The predicted octanol–water partition coefficient (Wildman–Crippen LogP) is 2.75. The lowest BCUT2D eigenvalue weighted by Gasteiger charge is -2.18. The first-order valence-electron chi connectivity index (χ1n) is 6.68. The molecule has 21 heavy (non-hydrogen) atoms. The summed E-state index contributed by atoms with van der Waals surface area (Å²) < 4.78 is 0. The summed E-state index contributed by atoms with van der Waals surface area (Å²) in [5.74, 6) is 0.555. The largest absolute Gasteiger partial charge is 0.332 e. The van der Waals surface area contributed by atoms with Crippen molar-refractivity contribution in [1.29, 1.82) is 0 Å². The van der Waals surface area contributed by atoms with E-state index in [9.17, 15) is 0 Å². The number of nitrogens with zero attached hydrogens (tertiary/aromatic N) is 5. The topological polar surface area (TPSA) is 54.8 Å². The van der Waals surface area contributed by atoms with Gasteiger partial charge in [-0.05, 0) is 6.07 Å². The zero-order valence-electron chi connectivity index (χ0n) is 11.6. The molecule has 0 atom stereocenters. The van der Waals surface area contributed by atoms with Crippen LogP contribution < -0.4 is 4.90 Å². The number of pyridine rings is 1. The fourth-order valence-corrected chi connectivity index (χ4v) is 2.21. The molecule has 3 rings (SSSR count). The Bertz CT molecular complexity index is 802. The molecular formula is C16H15N5. The zero-order chi connectivity index (χ0) is 14.7. The van der Waals surface area contributed by atoms with E-state index in [0.29, 0.717) is 19.0 Å². The van der Waals surface area contributed by atoms with E-state index in [1.54, 1.807) is 18.3 Å². The SMILES string of the molecule is C=CCN(CC=C)c1nnc2c(cnc3ccccc32)n1. The highest BCUT2D eigenvalue weighted by molar-refractivity contribution is 6.01. The molecule has 2 aromatic heterocycles. The summed E-state index contributed by atoms with van der Waals surface area (Å²) in [5, 5.41) is 9.53. The highest BCUT2D eigenvalue weighted by Gasteiger charge is 2.10. The Morgan fingerprint density at radius 3 is 2.52 bits per heavy atom. The quantitative estimate of drug-likeness (QED) is 0.530. The molecular weight excluding hydrogens is 262 g/mol. The molecule has 5 nitrogen and oxygen atoms in total. The van der Waals surface area contributed by atoms with Gasteiger partial charge < -0.3 is 4.90 Å². The lowest BCUT2D eigenvalue weighted by Crippen LogP contribution is -2.25. The molecule has 0 aliphatic carbocycles. The molecule has 0 aliphatic rings. The molecule has 0 radical (unpaired) electrons. The molecule has 0 unspecified atom stereocenters. The molecule has 3 aromatic rings. The van der Waals surface area contributed by atoms with Gasteiger partial charge in [0.2, 0.25) is 5.95 Å². The van der Waals surface area contributed by atoms with Crippen LogP contribution in [0, 0.1) is 0 Å². The minimum atomic E-state index is 0.555. The molecule has 0 amide bonds. The van der Waals surface area contributed by atoms with Crippen molar-refractivity contribution in [3.05, 3.63) is 55.8 Å². The molecule has 5 heteroatoms. The third kappa shape index (κ3) is 2.45. The molecule has 0 spiro atoms. The van der Waals surface area contributed by atoms with Gasteiger partial charge in [0.1, 0.15) is 11.0 Å². The lowest BCUT2D eigenvalue weighted by atomic mass is 10.2. The second kappa shape index (κ2) is 5.66. The van der Waals surface area contributed by atoms with Crippen LogP contribution in [0.4, 0.5) is 5.95 Å². The van der Waals surface area contributed by atoms with Crippen LogP contribution in [-0.4, -0.2) is 33.3 Å². The van der Waals surface area contributed by atoms with Crippen LogP contribution >= 0.6 is 0 Å². The number of benzene rings is 1. The number of hydrogen-bond donors (Lipinski definition) is 0. The van der Waals surface area contributed by atoms with Gasteiger partial charge >= 0.3 is 0 Å². The Kier molecular flexibility index (Phi) is 3.55. The fourth-order valence-electron chi connectivity index (χ4n) is 2.21.